The Kier molecular flexibility index (Phi) is 2.73. The van der Waals surface area contributed by atoms with Crippen LogP contribution in [0.25, 0.3) is 5.70 Å². The van der Waals surface area contributed by atoms with E-state index < -0.39 is 0 Å². The molecule has 0 spiro atoms. The molecule has 1 heterocycles. The standard InChI is InChI=1S/C15H10ClNO/c16-11-5-3-4-10(8-11)14-9-15(18)12-6-1-2-7-13(12)17-14/h1-9,12H. The second-order valence-electron chi connectivity index (χ2n) is 4.20. The predicted octanol–water partition coefficient (Wildman–Crippen LogP) is 3.45. The second kappa shape index (κ2) is 4.39. The Bertz CT molecular complexity index is 638. The van der Waals surface area contributed by atoms with Gasteiger partial charge in [-0.2, -0.15) is 0 Å². The molecule has 18 heavy (non-hydrogen) atoms. The van der Waals surface area contributed by atoms with Gasteiger partial charge in [0.2, 0.25) is 0 Å². The van der Waals surface area contributed by atoms with Crippen molar-refractivity contribution in [1.82, 2.24) is 0 Å². The number of allylic oxidation sites excluding steroid dienone is 5. The first-order chi connectivity index (χ1) is 8.74. The van der Waals surface area contributed by atoms with Gasteiger partial charge in [-0.1, -0.05) is 42.0 Å². The number of carbonyl (C=O) groups excluding carboxylic acids is 1. The van der Waals surface area contributed by atoms with Gasteiger partial charge in [0.05, 0.1) is 17.3 Å². The molecule has 0 fully saturated rings. The summed E-state index contributed by atoms with van der Waals surface area (Å²) in [5.74, 6) is -0.159. The van der Waals surface area contributed by atoms with Crippen LogP contribution in [0, 0.1) is 5.92 Å². The zero-order valence-electron chi connectivity index (χ0n) is 9.51. The summed E-state index contributed by atoms with van der Waals surface area (Å²) < 4.78 is 0. The van der Waals surface area contributed by atoms with Gasteiger partial charge < -0.3 is 0 Å². The minimum absolute atomic E-state index is 0.0653. The Labute approximate surface area is 110 Å². The number of aliphatic imine (C=N–C) groups is 1. The Morgan fingerprint density at radius 3 is 2.94 bits per heavy atom. The Hall–Kier alpha value is -1.93. The topological polar surface area (TPSA) is 29.4 Å². The molecule has 1 aliphatic heterocycles. The molecule has 2 aliphatic rings. The van der Waals surface area contributed by atoms with Gasteiger partial charge in [0.25, 0.3) is 0 Å². The van der Waals surface area contributed by atoms with E-state index in [1.165, 1.54) is 0 Å². The van der Waals surface area contributed by atoms with E-state index in [2.05, 4.69) is 4.99 Å². The summed E-state index contributed by atoms with van der Waals surface area (Å²) >= 11 is 5.95. The van der Waals surface area contributed by atoms with Crippen LogP contribution in [0.3, 0.4) is 0 Å². The fourth-order valence-corrected chi connectivity index (χ4v) is 2.26. The van der Waals surface area contributed by atoms with Gasteiger partial charge in [-0.05, 0) is 18.2 Å². The lowest BCUT2D eigenvalue weighted by Crippen LogP contribution is -2.24. The van der Waals surface area contributed by atoms with E-state index in [4.69, 9.17) is 11.6 Å². The highest BCUT2D eigenvalue weighted by Crippen LogP contribution is 2.26. The lowest BCUT2D eigenvalue weighted by Gasteiger charge is -2.18. The van der Waals surface area contributed by atoms with Gasteiger partial charge in [0, 0.05) is 16.7 Å². The number of halogens is 1. The third-order valence-electron chi connectivity index (χ3n) is 2.96. The number of carbonyl (C=O) groups is 1. The fraction of sp³-hybridized carbons (Fsp3) is 0.0667. The van der Waals surface area contributed by atoms with Gasteiger partial charge in [-0.3, -0.25) is 9.79 Å². The van der Waals surface area contributed by atoms with Gasteiger partial charge in [0.1, 0.15) is 0 Å². The lowest BCUT2D eigenvalue weighted by molar-refractivity contribution is -0.115. The summed E-state index contributed by atoms with van der Waals surface area (Å²) in [6, 6.07) is 7.37. The maximum Gasteiger partial charge on any atom is 0.170 e. The summed E-state index contributed by atoms with van der Waals surface area (Å²) in [6.07, 6.45) is 9.10. The molecule has 3 rings (SSSR count). The normalized spacial score (nSPS) is 21.4. The molecule has 0 radical (unpaired) electrons. The molecule has 1 aromatic rings. The number of rotatable bonds is 1. The number of nitrogens with zero attached hydrogens (tertiary/aromatic N) is 1. The first kappa shape index (κ1) is 11.2. The summed E-state index contributed by atoms with van der Waals surface area (Å²) in [5, 5.41) is 0.641. The quantitative estimate of drug-likeness (QED) is 0.756. The number of hydrogen-bond donors (Lipinski definition) is 0. The largest absolute Gasteiger partial charge is 0.294 e. The maximum absolute atomic E-state index is 12.0. The monoisotopic (exact) mass is 255 g/mol. The van der Waals surface area contributed by atoms with E-state index in [9.17, 15) is 4.79 Å². The molecule has 0 bridgehead atoms. The predicted molar refractivity (Wildman–Crippen MR) is 73.6 cm³/mol. The van der Waals surface area contributed by atoms with Gasteiger partial charge in [-0.25, -0.2) is 0 Å². The Balaban J connectivity index is 2.05. The Morgan fingerprint density at radius 1 is 1.22 bits per heavy atom. The average molecular weight is 256 g/mol. The zero-order valence-corrected chi connectivity index (χ0v) is 10.3. The molecular weight excluding hydrogens is 246 g/mol. The van der Waals surface area contributed by atoms with Crippen LogP contribution in [0.15, 0.2) is 59.6 Å². The Morgan fingerprint density at radius 2 is 2.11 bits per heavy atom. The fourth-order valence-electron chi connectivity index (χ4n) is 2.07. The van der Waals surface area contributed by atoms with Crippen LogP contribution in [-0.4, -0.2) is 11.5 Å². The summed E-state index contributed by atoms with van der Waals surface area (Å²) in [7, 11) is 0. The van der Waals surface area contributed by atoms with Crippen molar-refractivity contribution in [2.75, 3.05) is 0 Å². The van der Waals surface area contributed by atoms with Crippen molar-refractivity contribution in [1.29, 1.82) is 0 Å². The molecule has 1 aromatic carbocycles. The van der Waals surface area contributed by atoms with E-state index >= 15 is 0 Å². The lowest BCUT2D eigenvalue weighted by atomic mass is 9.90. The van der Waals surface area contributed by atoms with Crippen molar-refractivity contribution in [3.05, 3.63) is 65.2 Å². The molecule has 1 aliphatic carbocycles. The average Bonchev–Trinajstić information content (AvgIpc) is 2.39. The number of benzene rings is 1. The van der Waals surface area contributed by atoms with Crippen LogP contribution in [0.1, 0.15) is 5.56 Å². The van der Waals surface area contributed by atoms with E-state index in [1.54, 1.807) is 12.1 Å². The molecule has 0 amide bonds. The third kappa shape index (κ3) is 1.95. The summed E-state index contributed by atoms with van der Waals surface area (Å²) in [4.78, 5) is 16.5. The summed E-state index contributed by atoms with van der Waals surface area (Å²) in [5.41, 5.74) is 2.33. The van der Waals surface area contributed by atoms with Crippen LogP contribution in [0.4, 0.5) is 0 Å². The van der Waals surface area contributed by atoms with Crippen LogP contribution >= 0.6 is 11.6 Å². The van der Waals surface area contributed by atoms with Gasteiger partial charge in [0.15, 0.2) is 5.78 Å². The van der Waals surface area contributed by atoms with E-state index in [-0.39, 0.29) is 11.7 Å². The molecule has 1 unspecified atom stereocenters. The zero-order chi connectivity index (χ0) is 12.5. The van der Waals surface area contributed by atoms with Gasteiger partial charge >= 0.3 is 0 Å². The molecule has 0 N–H and O–H groups in total. The molecule has 1 atom stereocenters. The van der Waals surface area contributed by atoms with Crippen molar-refractivity contribution in [3.8, 4) is 0 Å². The highest BCUT2D eigenvalue weighted by molar-refractivity contribution is 6.30. The molecule has 2 nitrogen and oxygen atoms in total. The number of hydrogen-bond acceptors (Lipinski definition) is 2. The van der Waals surface area contributed by atoms with Crippen molar-refractivity contribution < 1.29 is 4.79 Å². The number of fused-ring (bicyclic) bond motifs is 1. The molecule has 0 saturated carbocycles. The second-order valence-corrected chi connectivity index (χ2v) is 4.64. The van der Waals surface area contributed by atoms with E-state index in [1.807, 2.05) is 42.5 Å². The highest BCUT2D eigenvalue weighted by Gasteiger charge is 2.24. The van der Waals surface area contributed by atoms with Gasteiger partial charge in [-0.15, -0.1) is 0 Å². The molecule has 88 valence electrons. The minimum Gasteiger partial charge on any atom is -0.294 e. The van der Waals surface area contributed by atoms with Crippen molar-refractivity contribution in [3.63, 3.8) is 0 Å². The van der Waals surface area contributed by atoms with E-state index in [0.29, 0.717) is 10.7 Å². The molecule has 0 aromatic heterocycles. The molecule has 0 saturated heterocycles. The number of ketones is 1. The van der Waals surface area contributed by atoms with E-state index in [0.717, 1.165) is 11.3 Å². The van der Waals surface area contributed by atoms with Crippen LogP contribution < -0.4 is 0 Å². The van der Waals surface area contributed by atoms with Crippen molar-refractivity contribution >= 4 is 28.8 Å². The highest BCUT2D eigenvalue weighted by atomic mass is 35.5. The maximum atomic E-state index is 12.0. The summed E-state index contributed by atoms with van der Waals surface area (Å²) in [6.45, 7) is 0. The first-order valence-corrected chi connectivity index (χ1v) is 6.07. The molecular formula is C15H10ClNO. The minimum atomic E-state index is -0.224. The first-order valence-electron chi connectivity index (χ1n) is 5.69. The van der Waals surface area contributed by atoms with Crippen LogP contribution in [-0.2, 0) is 4.79 Å². The smallest absolute Gasteiger partial charge is 0.170 e. The molecule has 3 heteroatoms. The SMILES string of the molecule is O=C1C=C(c2cccc(Cl)c2)N=C2C=CC=CC12. The van der Waals surface area contributed by atoms with Crippen molar-refractivity contribution in [2.24, 2.45) is 10.9 Å². The third-order valence-corrected chi connectivity index (χ3v) is 3.19. The van der Waals surface area contributed by atoms with Crippen molar-refractivity contribution in [2.45, 2.75) is 0 Å². The van der Waals surface area contributed by atoms with Crippen LogP contribution in [0.5, 0.6) is 0 Å². The van der Waals surface area contributed by atoms with Crippen LogP contribution in [0.2, 0.25) is 5.02 Å².